The maximum absolute atomic E-state index is 11.9. The average Bonchev–Trinajstić information content (AvgIpc) is 2.51. The summed E-state index contributed by atoms with van der Waals surface area (Å²) in [5.74, 6) is -0.401. The van der Waals surface area contributed by atoms with Crippen LogP contribution in [0, 0.1) is 0 Å². The van der Waals surface area contributed by atoms with Crippen LogP contribution in [0.5, 0.6) is 5.75 Å². The second-order valence-electron chi connectivity index (χ2n) is 4.05. The molecule has 0 bridgehead atoms. The molecule has 2 rings (SSSR count). The van der Waals surface area contributed by atoms with Crippen LogP contribution in [-0.2, 0) is 9.53 Å². The lowest BCUT2D eigenvalue weighted by Gasteiger charge is -2.06. The van der Waals surface area contributed by atoms with Crippen LogP contribution in [0.3, 0.4) is 0 Å². The number of benzene rings is 1. The highest BCUT2D eigenvalue weighted by Crippen LogP contribution is 2.14. The maximum Gasteiger partial charge on any atom is 0.361 e. The highest BCUT2D eigenvalue weighted by Gasteiger charge is 2.16. The number of phenols is 1. The van der Waals surface area contributed by atoms with E-state index in [2.05, 4.69) is 15.5 Å². The molecule has 0 fully saturated rings. The Bertz CT molecular complexity index is 624. The second kappa shape index (κ2) is 7.04. The smallest absolute Gasteiger partial charge is 0.361 e. The van der Waals surface area contributed by atoms with Crippen molar-refractivity contribution in [2.45, 2.75) is 6.92 Å². The number of rotatable bonds is 5. The molecule has 0 radical (unpaired) electrons. The number of hydrogen-bond acceptors (Lipinski definition) is 6. The molecular formula is C15H15N3O3. The Balaban J connectivity index is 2.24. The molecule has 0 saturated carbocycles. The van der Waals surface area contributed by atoms with E-state index in [9.17, 15) is 9.90 Å². The molecule has 1 heterocycles. The Kier molecular flexibility index (Phi) is 4.87. The highest BCUT2D eigenvalue weighted by molar-refractivity contribution is 6.42. The zero-order valence-corrected chi connectivity index (χ0v) is 11.5. The molecule has 0 aliphatic heterocycles. The first-order valence-electron chi connectivity index (χ1n) is 6.42. The Hall–Kier alpha value is -2.89. The van der Waals surface area contributed by atoms with Crippen LogP contribution in [0.15, 0.2) is 53.8 Å². The number of pyridine rings is 1. The first-order chi connectivity index (χ1) is 10.2. The molecular weight excluding hydrogens is 270 g/mol. The number of carbonyl (C=O) groups is 1. The third kappa shape index (κ3) is 4.04. The second-order valence-corrected chi connectivity index (χ2v) is 4.05. The molecule has 0 atom stereocenters. The number of phenolic OH excluding ortho intramolecular Hbond substituents is 1. The van der Waals surface area contributed by atoms with Crippen molar-refractivity contribution in [3.8, 4) is 5.75 Å². The van der Waals surface area contributed by atoms with E-state index in [0.29, 0.717) is 11.4 Å². The predicted octanol–water partition coefficient (Wildman–Crippen LogP) is 2.17. The van der Waals surface area contributed by atoms with Gasteiger partial charge in [-0.25, -0.2) is 4.79 Å². The zero-order chi connectivity index (χ0) is 15.1. The summed E-state index contributed by atoms with van der Waals surface area (Å²) in [6.07, 6.45) is 1.57. The first-order valence-corrected chi connectivity index (χ1v) is 6.42. The summed E-state index contributed by atoms with van der Waals surface area (Å²) in [5.41, 5.74) is 3.88. The van der Waals surface area contributed by atoms with Crippen LogP contribution < -0.4 is 5.43 Å². The van der Waals surface area contributed by atoms with Crippen LogP contribution in [0.2, 0.25) is 0 Å². The van der Waals surface area contributed by atoms with Crippen molar-refractivity contribution >= 4 is 17.4 Å². The van der Waals surface area contributed by atoms with Gasteiger partial charge in [0.1, 0.15) is 5.75 Å². The summed E-state index contributed by atoms with van der Waals surface area (Å²) in [6, 6.07) is 11.5. The summed E-state index contributed by atoms with van der Waals surface area (Å²) in [7, 11) is 0. The maximum atomic E-state index is 11.9. The fourth-order valence-corrected chi connectivity index (χ4v) is 1.57. The number of ether oxygens (including phenoxy) is 1. The quantitative estimate of drug-likeness (QED) is 0.381. The molecule has 21 heavy (non-hydrogen) atoms. The summed E-state index contributed by atoms with van der Waals surface area (Å²) in [6.45, 7) is 1.98. The van der Waals surface area contributed by atoms with Crippen molar-refractivity contribution in [3.05, 3.63) is 54.4 Å². The number of hydrogen-bond donors (Lipinski definition) is 2. The third-order valence-corrected chi connectivity index (χ3v) is 2.54. The van der Waals surface area contributed by atoms with Gasteiger partial charge in [0, 0.05) is 6.20 Å². The molecule has 0 amide bonds. The van der Waals surface area contributed by atoms with Gasteiger partial charge in [0.2, 0.25) is 0 Å². The molecule has 2 N–H and O–H groups in total. The monoisotopic (exact) mass is 285 g/mol. The van der Waals surface area contributed by atoms with Crippen LogP contribution in [-0.4, -0.2) is 28.4 Å². The summed E-state index contributed by atoms with van der Waals surface area (Å²) in [4.78, 5) is 16.0. The van der Waals surface area contributed by atoms with Gasteiger partial charge in [0.15, 0.2) is 5.71 Å². The number of carbonyl (C=O) groups excluding carboxylic acids is 1. The molecule has 6 nitrogen and oxygen atoms in total. The molecule has 0 aliphatic carbocycles. The Labute approximate surface area is 122 Å². The molecule has 2 aromatic rings. The van der Waals surface area contributed by atoms with Crippen LogP contribution >= 0.6 is 0 Å². The largest absolute Gasteiger partial charge is 0.508 e. The number of hydrazone groups is 1. The van der Waals surface area contributed by atoms with E-state index in [1.54, 1.807) is 43.5 Å². The number of esters is 1. The highest BCUT2D eigenvalue weighted by atomic mass is 16.5. The molecule has 108 valence electrons. The van der Waals surface area contributed by atoms with E-state index >= 15 is 0 Å². The first kappa shape index (κ1) is 14.5. The van der Waals surface area contributed by atoms with Crippen molar-refractivity contribution in [1.82, 2.24) is 4.98 Å². The molecule has 0 saturated heterocycles. The van der Waals surface area contributed by atoms with E-state index < -0.39 is 5.97 Å². The zero-order valence-electron chi connectivity index (χ0n) is 11.5. The van der Waals surface area contributed by atoms with E-state index in [1.165, 1.54) is 12.1 Å². The fourth-order valence-electron chi connectivity index (χ4n) is 1.57. The van der Waals surface area contributed by atoms with Crippen molar-refractivity contribution in [1.29, 1.82) is 0 Å². The summed E-state index contributed by atoms with van der Waals surface area (Å²) < 4.78 is 4.98. The molecule has 6 heteroatoms. The molecule has 0 unspecified atom stereocenters. The van der Waals surface area contributed by atoms with Crippen LogP contribution in [0.4, 0.5) is 5.69 Å². The van der Waals surface area contributed by atoms with Crippen molar-refractivity contribution < 1.29 is 14.6 Å². The molecule has 0 spiro atoms. The van der Waals surface area contributed by atoms with Gasteiger partial charge in [-0.05, 0) is 43.3 Å². The third-order valence-electron chi connectivity index (χ3n) is 2.54. The van der Waals surface area contributed by atoms with Gasteiger partial charge in [0.05, 0.1) is 18.0 Å². The lowest BCUT2D eigenvalue weighted by Crippen LogP contribution is -2.21. The topological polar surface area (TPSA) is 83.8 Å². The van der Waals surface area contributed by atoms with E-state index in [4.69, 9.17) is 4.74 Å². The Morgan fingerprint density at radius 3 is 2.67 bits per heavy atom. The van der Waals surface area contributed by atoms with E-state index in [1.807, 2.05) is 0 Å². The van der Waals surface area contributed by atoms with Gasteiger partial charge in [-0.1, -0.05) is 6.07 Å². The normalized spacial score (nSPS) is 11.0. The number of nitrogens with zero attached hydrogens (tertiary/aromatic N) is 2. The van der Waals surface area contributed by atoms with Crippen LogP contribution in [0.1, 0.15) is 12.6 Å². The van der Waals surface area contributed by atoms with Crippen LogP contribution in [0.25, 0.3) is 0 Å². The number of nitrogens with one attached hydrogen (secondary N) is 1. The minimum absolute atomic E-state index is 0.0884. The fraction of sp³-hybridized carbons (Fsp3) is 0.133. The van der Waals surface area contributed by atoms with Gasteiger partial charge in [0.25, 0.3) is 0 Å². The molecule has 1 aromatic carbocycles. The molecule has 0 aliphatic rings. The van der Waals surface area contributed by atoms with Gasteiger partial charge in [-0.2, -0.15) is 5.10 Å². The van der Waals surface area contributed by atoms with E-state index in [0.717, 1.165) is 0 Å². The van der Waals surface area contributed by atoms with Gasteiger partial charge in [-0.3, -0.25) is 10.4 Å². The number of anilines is 1. The molecule has 1 aromatic heterocycles. The summed E-state index contributed by atoms with van der Waals surface area (Å²) >= 11 is 0. The summed E-state index contributed by atoms with van der Waals surface area (Å²) in [5, 5.41) is 13.3. The Morgan fingerprint density at radius 2 is 2.05 bits per heavy atom. The lowest BCUT2D eigenvalue weighted by atomic mass is 10.2. The van der Waals surface area contributed by atoms with Crippen molar-refractivity contribution in [2.24, 2.45) is 5.10 Å². The Morgan fingerprint density at radius 1 is 1.29 bits per heavy atom. The van der Waals surface area contributed by atoms with Gasteiger partial charge < -0.3 is 9.84 Å². The van der Waals surface area contributed by atoms with Gasteiger partial charge in [-0.15, -0.1) is 0 Å². The average molecular weight is 285 g/mol. The number of aromatic nitrogens is 1. The minimum atomic E-state index is -0.553. The minimum Gasteiger partial charge on any atom is -0.508 e. The van der Waals surface area contributed by atoms with Crippen molar-refractivity contribution in [3.63, 3.8) is 0 Å². The van der Waals surface area contributed by atoms with Crippen molar-refractivity contribution in [2.75, 3.05) is 12.0 Å². The number of aromatic hydroxyl groups is 1. The van der Waals surface area contributed by atoms with E-state index in [-0.39, 0.29) is 18.1 Å². The standard InChI is InChI=1S/C15H15N3O3/c1-2-21-15(20)14(13-5-3-4-10-16-13)18-17-11-6-8-12(19)9-7-11/h3-10,17,19H,2H2,1H3/b18-14+. The predicted molar refractivity (Wildman–Crippen MR) is 79.1 cm³/mol. The van der Waals surface area contributed by atoms with Gasteiger partial charge >= 0.3 is 5.97 Å². The lowest BCUT2D eigenvalue weighted by molar-refractivity contribution is -0.134. The SMILES string of the molecule is CCOC(=O)/C(=N/Nc1ccc(O)cc1)c1ccccn1.